The predicted octanol–water partition coefficient (Wildman–Crippen LogP) is 2.88. The summed E-state index contributed by atoms with van der Waals surface area (Å²) in [6.07, 6.45) is 0. The summed E-state index contributed by atoms with van der Waals surface area (Å²) >= 11 is 5.84. The number of benzene rings is 2. The molecule has 0 spiro atoms. The lowest BCUT2D eigenvalue weighted by Crippen LogP contribution is -2.41. The van der Waals surface area contributed by atoms with E-state index in [0.717, 1.165) is 5.56 Å². The summed E-state index contributed by atoms with van der Waals surface area (Å²) < 4.78 is 4.97. The molecule has 0 aliphatic carbocycles. The summed E-state index contributed by atoms with van der Waals surface area (Å²) in [5.41, 5.74) is 1.31. The van der Waals surface area contributed by atoms with Gasteiger partial charge in [-0.3, -0.25) is 9.59 Å². The van der Waals surface area contributed by atoms with Crippen LogP contribution < -0.4 is 10.6 Å². The van der Waals surface area contributed by atoms with Crippen molar-refractivity contribution in [1.29, 1.82) is 0 Å². The average molecular weight is 389 g/mol. The number of carbonyl (C=O) groups excluding carboxylic acids is 3. The van der Waals surface area contributed by atoms with Crippen LogP contribution in [-0.4, -0.2) is 30.4 Å². The summed E-state index contributed by atoms with van der Waals surface area (Å²) in [7, 11) is 0. The van der Waals surface area contributed by atoms with Crippen molar-refractivity contribution in [1.82, 2.24) is 10.6 Å². The molecule has 6 nitrogen and oxygen atoms in total. The summed E-state index contributed by atoms with van der Waals surface area (Å²) in [6, 6.07) is 14.5. The number of rotatable bonds is 7. The second-order valence-electron chi connectivity index (χ2n) is 6.01. The van der Waals surface area contributed by atoms with Gasteiger partial charge in [-0.1, -0.05) is 41.9 Å². The minimum Gasteiger partial charge on any atom is -0.454 e. The van der Waals surface area contributed by atoms with Gasteiger partial charge in [0.15, 0.2) is 6.61 Å². The molecule has 2 rings (SSSR count). The highest BCUT2D eigenvalue weighted by Gasteiger charge is 2.19. The van der Waals surface area contributed by atoms with Crippen molar-refractivity contribution in [3.63, 3.8) is 0 Å². The minimum atomic E-state index is -0.876. The molecule has 0 bridgehead atoms. The highest BCUT2D eigenvalue weighted by molar-refractivity contribution is 6.30. The molecule has 27 heavy (non-hydrogen) atoms. The summed E-state index contributed by atoms with van der Waals surface area (Å²) in [5, 5.41) is 5.87. The maximum atomic E-state index is 12.0. The molecule has 2 N–H and O–H groups in total. The third-order valence-electron chi connectivity index (χ3n) is 3.83. The van der Waals surface area contributed by atoms with Gasteiger partial charge in [-0.2, -0.15) is 0 Å². The summed E-state index contributed by atoms with van der Waals surface area (Å²) in [4.78, 5) is 36.0. The molecule has 2 unspecified atom stereocenters. The van der Waals surface area contributed by atoms with Gasteiger partial charge in [-0.25, -0.2) is 4.79 Å². The summed E-state index contributed by atoms with van der Waals surface area (Å²) in [5.74, 6) is -1.51. The van der Waals surface area contributed by atoms with Gasteiger partial charge in [0.2, 0.25) is 0 Å². The molecular weight excluding hydrogens is 368 g/mol. The molecule has 0 heterocycles. The van der Waals surface area contributed by atoms with Crippen LogP contribution in [0.15, 0.2) is 54.6 Å². The van der Waals surface area contributed by atoms with Gasteiger partial charge >= 0.3 is 5.97 Å². The molecule has 0 saturated heterocycles. The Morgan fingerprint density at radius 3 is 2.22 bits per heavy atom. The van der Waals surface area contributed by atoms with Crippen LogP contribution in [0.4, 0.5) is 0 Å². The first kappa shape index (κ1) is 20.5. The molecule has 0 aliphatic rings. The molecule has 2 atom stereocenters. The van der Waals surface area contributed by atoms with Crippen LogP contribution >= 0.6 is 11.6 Å². The standard InChI is InChI=1S/C20H21ClN2O4/c1-13(15-8-10-17(21)11-9-15)22-18(24)12-27-20(26)14(2)23-19(25)16-6-4-3-5-7-16/h3-11,13-14H,12H2,1-2H3,(H,22,24)(H,23,25). The lowest BCUT2D eigenvalue weighted by molar-refractivity contribution is -0.150. The minimum absolute atomic E-state index is 0.260. The number of hydrogen-bond donors (Lipinski definition) is 2. The zero-order chi connectivity index (χ0) is 19.8. The van der Waals surface area contributed by atoms with E-state index >= 15 is 0 Å². The van der Waals surface area contributed by atoms with E-state index in [1.54, 1.807) is 54.6 Å². The molecule has 0 saturated carbocycles. The van der Waals surface area contributed by atoms with Gasteiger partial charge in [-0.05, 0) is 43.7 Å². The monoisotopic (exact) mass is 388 g/mol. The number of esters is 1. The van der Waals surface area contributed by atoms with E-state index in [1.165, 1.54) is 6.92 Å². The van der Waals surface area contributed by atoms with E-state index in [-0.39, 0.29) is 11.9 Å². The van der Waals surface area contributed by atoms with Crippen molar-refractivity contribution < 1.29 is 19.1 Å². The number of amides is 2. The summed E-state index contributed by atoms with van der Waals surface area (Å²) in [6.45, 7) is 2.88. The lowest BCUT2D eigenvalue weighted by Gasteiger charge is -2.16. The van der Waals surface area contributed by atoms with Crippen LogP contribution in [-0.2, 0) is 14.3 Å². The van der Waals surface area contributed by atoms with Crippen molar-refractivity contribution in [2.24, 2.45) is 0 Å². The maximum Gasteiger partial charge on any atom is 0.328 e. The Hall–Kier alpha value is -2.86. The molecule has 7 heteroatoms. The molecule has 2 aromatic rings. The van der Waals surface area contributed by atoms with Gasteiger partial charge in [-0.15, -0.1) is 0 Å². The Morgan fingerprint density at radius 2 is 1.59 bits per heavy atom. The smallest absolute Gasteiger partial charge is 0.328 e. The molecule has 0 aromatic heterocycles. The number of nitrogens with one attached hydrogen (secondary N) is 2. The molecular formula is C20H21ClN2O4. The predicted molar refractivity (Wildman–Crippen MR) is 102 cm³/mol. The van der Waals surface area contributed by atoms with Crippen LogP contribution in [0, 0.1) is 0 Å². The SMILES string of the molecule is CC(NC(=O)c1ccccc1)C(=O)OCC(=O)NC(C)c1ccc(Cl)cc1. The molecule has 0 aliphatic heterocycles. The highest BCUT2D eigenvalue weighted by atomic mass is 35.5. The van der Waals surface area contributed by atoms with Gasteiger partial charge < -0.3 is 15.4 Å². The maximum absolute atomic E-state index is 12.0. The van der Waals surface area contributed by atoms with E-state index in [1.807, 2.05) is 6.92 Å². The molecule has 0 fully saturated rings. The Kier molecular flexibility index (Phi) is 7.37. The topological polar surface area (TPSA) is 84.5 Å². The Morgan fingerprint density at radius 1 is 0.963 bits per heavy atom. The molecule has 142 valence electrons. The fourth-order valence-electron chi connectivity index (χ4n) is 2.31. The number of carbonyl (C=O) groups is 3. The van der Waals surface area contributed by atoms with Gasteiger partial charge in [0, 0.05) is 10.6 Å². The first-order chi connectivity index (χ1) is 12.9. The van der Waals surface area contributed by atoms with Crippen LogP contribution in [0.1, 0.15) is 35.8 Å². The van der Waals surface area contributed by atoms with Gasteiger partial charge in [0.1, 0.15) is 6.04 Å². The largest absolute Gasteiger partial charge is 0.454 e. The first-order valence-electron chi connectivity index (χ1n) is 8.44. The van der Waals surface area contributed by atoms with Gasteiger partial charge in [0.25, 0.3) is 11.8 Å². The Balaban J connectivity index is 1.77. The van der Waals surface area contributed by atoms with Crippen molar-refractivity contribution in [3.05, 3.63) is 70.7 Å². The normalized spacial score (nSPS) is 12.6. The zero-order valence-electron chi connectivity index (χ0n) is 15.1. The fraction of sp³-hybridized carbons (Fsp3) is 0.250. The zero-order valence-corrected chi connectivity index (χ0v) is 15.8. The Bertz CT molecular complexity index is 793. The average Bonchev–Trinajstić information content (AvgIpc) is 2.67. The van der Waals surface area contributed by atoms with E-state index in [4.69, 9.17) is 16.3 Å². The van der Waals surface area contributed by atoms with E-state index in [0.29, 0.717) is 10.6 Å². The van der Waals surface area contributed by atoms with Crippen molar-refractivity contribution >= 4 is 29.4 Å². The first-order valence-corrected chi connectivity index (χ1v) is 8.82. The van der Waals surface area contributed by atoms with E-state index in [9.17, 15) is 14.4 Å². The number of hydrogen-bond acceptors (Lipinski definition) is 4. The second-order valence-corrected chi connectivity index (χ2v) is 6.45. The molecule has 2 amide bonds. The molecule has 2 aromatic carbocycles. The van der Waals surface area contributed by atoms with Crippen LogP contribution in [0.25, 0.3) is 0 Å². The second kappa shape index (κ2) is 9.73. The van der Waals surface area contributed by atoms with Crippen molar-refractivity contribution in [2.75, 3.05) is 6.61 Å². The van der Waals surface area contributed by atoms with Crippen LogP contribution in [0.3, 0.4) is 0 Å². The number of ether oxygens (including phenoxy) is 1. The van der Waals surface area contributed by atoms with Crippen LogP contribution in [0.5, 0.6) is 0 Å². The van der Waals surface area contributed by atoms with Crippen molar-refractivity contribution in [3.8, 4) is 0 Å². The Labute approximate surface area is 162 Å². The van der Waals surface area contributed by atoms with Crippen molar-refractivity contribution in [2.45, 2.75) is 25.9 Å². The highest BCUT2D eigenvalue weighted by Crippen LogP contribution is 2.15. The fourth-order valence-corrected chi connectivity index (χ4v) is 2.43. The quantitative estimate of drug-likeness (QED) is 0.714. The van der Waals surface area contributed by atoms with Gasteiger partial charge in [0.05, 0.1) is 6.04 Å². The lowest BCUT2D eigenvalue weighted by atomic mass is 10.1. The van der Waals surface area contributed by atoms with Crippen LogP contribution in [0.2, 0.25) is 5.02 Å². The third kappa shape index (κ3) is 6.42. The van der Waals surface area contributed by atoms with E-state index < -0.39 is 24.5 Å². The van der Waals surface area contributed by atoms with E-state index in [2.05, 4.69) is 10.6 Å². The third-order valence-corrected chi connectivity index (χ3v) is 4.08. The number of halogens is 1. The molecule has 0 radical (unpaired) electrons.